The van der Waals surface area contributed by atoms with Crippen LogP contribution >= 0.6 is 15.9 Å². The summed E-state index contributed by atoms with van der Waals surface area (Å²) >= 11 is 3.29. The summed E-state index contributed by atoms with van der Waals surface area (Å²) in [6.45, 7) is 0.172. The summed E-state index contributed by atoms with van der Waals surface area (Å²) in [4.78, 5) is 12.6. The second kappa shape index (κ2) is 7.08. The maximum atomic E-state index is 13.8. The quantitative estimate of drug-likeness (QED) is 0.628. The number of carbonyl (C=O) groups excluding carboxylic acids is 1. The Balaban J connectivity index is 1.53. The summed E-state index contributed by atoms with van der Waals surface area (Å²) in [6.07, 6.45) is 0.944. The minimum Gasteiger partial charge on any atom is -0.303 e. The van der Waals surface area contributed by atoms with Crippen molar-refractivity contribution in [3.8, 4) is 0 Å². The summed E-state index contributed by atoms with van der Waals surface area (Å²) < 4.78 is 43.2. The van der Waals surface area contributed by atoms with Crippen LogP contribution in [0.15, 0.2) is 34.9 Å². The number of benzene rings is 1. The number of hydrogen-bond donors (Lipinski definition) is 2. The molecule has 1 aromatic carbocycles. The molecule has 146 valence electrons. The Bertz CT molecular complexity index is 1050. The number of aromatic amines is 1. The van der Waals surface area contributed by atoms with E-state index in [1.807, 2.05) is 0 Å². The average molecular weight is 454 g/mol. The lowest BCUT2D eigenvalue weighted by atomic mass is 9.92. The molecule has 0 saturated carbocycles. The fraction of sp³-hybridized carbons (Fsp3) is 0.278. The van der Waals surface area contributed by atoms with Crippen molar-refractivity contribution in [2.45, 2.75) is 31.7 Å². The van der Waals surface area contributed by atoms with Gasteiger partial charge in [0.05, 0.1) is 11.0 Å². The maximum absolute atomic E-state index is 13.8. The van der Waals surface area contributed by atoms with Crippen LogP contribution in [0.1, 0.15) is 33.7 Å². The molecule has 0 radical (unpaired) electrons. The van der Waals surface area contributed by atoms with E-state index in [1.165, 1.54) is 10.7 Å². The minimum atomic E-state index is -2.85. The zero-order chi connectivity index (χ0) is 19.9. The molecule has 0 spiro atoms. The molecular weight excluding hydrogens is 439 g/mol. The van der Waals surface area contributed by atoms with Gasteiger partial charge in [-0.2, -0.15) is 10.2 Å². The topological polar surface area (TPSA) is 75.6 Å². The molecule has 28 heavy (non-hydrogen) atoms. The first-order valence-electron chi connectivity index (χ1n) is 8.54. The molecule has 0 fully saturated rings. The third-order valence-electron chi connectivity index (χ3n) is 4.58. The van der Waals surface area contributed by atoms with Gasteiger partial charge in [0.15, 0.2) is 11.5 Å². The number of amides is 1. The van der Waals surface area contributed by atoms with Gasteiger partial charge in [0.25, 0.3) is 11.8 Å². The van der Waals surface area contributed by atoms with Crippen molar-refractivity contribution >= 4 is 27.7 Å². The molecule has 2 N–H and O–H groups in total. The van der Waals surface area contributed by atoms with E-state index in [1.54, 1.807) is 24.4 Å². The first kappa shape index (κ1) is 18.7. The number of halogens is 4. The molecule has 1 aliphatic rings. The van der Waals surface area contributed by atoms with Crippen molar-refractivity contribution in [3.63, 3.8) is 0 Å². The highest BCUT2D eigenvalue weighted by atomic mass is 79.9. The molecule has 4 rings (SSSR count). The third kappa shape index (κ3) is 3.68. The lowest BCUT2D eigenvalue weighted by molar-refractivity contribution is -0.0125. The molecule has 2 heterocycles. The maximum Gasteiger partial charge on any atom is 0.277 e. The first-order chi connectivity index (χ1) is 13.3. The predicted molar refractivity (Wildman–Crippen MR) is 98.9 cm³/mol. The Morgan fingerprint density at radius 1 is 1.36 bits per heavy atom. The van der Waals surface area contributed by atoms with Crippen LogP contribution in [-0.2, 0) is 19.4 Å². The number of H-pyrrole nitrogens is 1. The number of anilines is 1. The van der Waals surface area contributed by atoms with E-state index in [-0.39, 0.29) is 42.3 Å². The van der Waals surface area contributed by atoms with Crippen LogP contribution in [0.25, 0.3) is 0 Å². The van der Waals surface area contributed by atoms with E-state index in [0.717, 1.165) is 0 Å². The fourth-order valence-corrected chi connectivity index (χ4v) is 3.59. The van der Waals surface area contributed by atoms with Crippen LogP contribution in [-0.4, -0.2) is 31.8 Å². The number of alkyl halides is 2. The Hall–Kier alpha value is -2.62. The number of hydrogen-bond acceptors (Lipinski definition) is 3. The van der Waals surface area contributed by atoms with E-state index in [9.17, 15) is 18.0 Å². The standard InChI is InChI=1S/C18H15BrF3N5O/c19-12-9-27(8-10-3-1-2-4-13(10)20)26-16(12)23-17(28)15-11-7-18(21,22)6-5-14(11)24-25-15/h1-4,9H,5-8H2,(H,24,25)(H,23,26,28). The Morgan fingerprint density at radius 2 is 2.14 bits per heavy atom. The second-order valence-corrected chi connectivity index (χ2v) is 7.49. The highest BCUT2D eigenvalue weighted by molar-refractivity contribution is 9.10. The number of rotatable bonds is 4. The minimum absolute atomic E-state index is 0.0649. The smallest absolute Gasteiger partial charge is 0.277 e. The molecule has 10 heteroatoms. The Morgan fingerprint density at radius 3 is 2.93 bits per heavy atom. The molecule has 0 atom stereocenters. The van der Waals surface area contributed by atoms with Crippen LogP contribution in [0, 0.1) is 5.82 Å². The van der Waals surface area contributed by atoms with Crippen LogP contribution in [0.2, 0.25) is 0 Å². The van der Waals surface area contributed by atoms with Crippen molar-refractivity contribution in [2.75, 3.05) is 5.32 Å². The Kier molecular flexibility index (Phi) is 4.74. The van der Waals surface area contributed by atoms with Gasteiger partial charge < -0.3 is 5.32 Å². The van der Waals surface area contributed by atoms with E-state index in [0.29, 0.717) is 15.7 Å². The fourth-order valence-electron chi connectivity index (χ4n) is 3.17. The van der Waals surface area contributed by atoms with E-state index in [2.05, 4.69) is 36.5 Å². The molecule has 0 aliphatic heterocycles. The molecule has 0 saturated heterocycles. The first-order valence-corrected chi connectivity index (χ1v) is 9.33. The summed E-state index contributed by atoms with van der Waals surface area (Å²) in [7, 11) is 0. The van der Waals surface area contributed by atoms with Crippen LogP contribution in [0.3, 0.4) is 0 Å². The molecule has 1 amide bonds. The van der Waals surface area contributed by atoms with E-state index < -0.39 is 18.3 Å². The van der Waals surface area contributed by atoms with Gasteiger partial charge in [-0.25, -0.2) is 13.2 Å². The average Bonchev–Trinajstić information content (AvgIpc) is 3.19. The van der Waals surface area contributed by atoms with E-state index >= 15 is 0 Å². The molecule has 6 nitrogen and oxygen atoms in total. The number of aryl methyl sites for hydroxylation is 1. The van der Waals surface area contributed by atoms with Crippen LogP contribution in [0.4, 0.5) is 19.0 Å². The Labute approximate surface area is 166 Å². The van der Waals surface area contributed by atoms with Gasteiger partial charge in [0, 0.05) is 35.9 Å². The van der Waals surface area contributed by atoms with Gasteiger partial charge in [-0.3, -0.25) is 14.6 Å². The SMILES string of the molecule is O=C(Nc1nn(Cc2ccccc2F)cc1Br)c1n[nH]c2c1CC(F)(F)CC2. The van der Waals surface area contributed by atoms with E-state index in [4.69, 9.17) is 0 Å². The zero-order valence-corrected chi connectivity index (χ0v) is 16.1. The summed E-state index contributed by atoms with van der Waals surface area (Å²) in [5.41, 5.74) is 1.17. The van der Waals surface area contributed by atoms with Crippen molar-refractivity contribution in [2.24, 2.45) is 0 Å². The van der Waals surface area contributed by atoms with Crippen molar-refractivity contribution in [3.05, 3.63) is 63.3 Å². The van der Waals surface area contributed by atoms with Crippen molar-refractivity contribution in [1.29, 1.82) is 0 Å². The number of carbonyl (C=O) groups is 1. The lowest BCUT2D eigenvalue weighted by Crippen LogP contribution is -2.27. The summed E-state index contributed by atoms with van der Waals surface area (Å²) in [5.74, 6) is -3.65. The second-order valence-electron chi connectivity index (χ2n) is 6.63. The van der Waals surface area contributed by atoms with Crippen LogP contribution < -0.4 is 5.32 Å². The van der Waals surface area contributed by atoms with Gasteiger partial charge in [-0.05, 0) is 28.4 Å². The predicted octanol–water partition coefficient (Wildman–Crippen LogP) is 3.93. The highest BCUT2D eigenvalue weighted by Gasteiger charge is 2.38. The molecule has 0 bridgehead atoms. The third-order valence-corrected chi connectivity index (χ3v) is 5.16. The van der Waals surface area contributed by atoms with Gasteiger partial charge in [-0.1, -0.05) is 18.2 Å². The number of aromatic nitrogens is 4. The van der Waals surface area contributed by atoms with Crippen molar-refractivity contribution < 1.29 is 18.0 Å². The largest absolute Gasteiger partial charge is 0.303 e. The van der Waals surface area contributed by atoms with Gasteiger partial charge in [0.1, 0.15) is 5.82 Å². The van der Waals surface area contributed by atoms with Crippen molar-refractivity contribution in [1.82, 2.24) is 20.0 Å². The molecule has 1 aliphatic carbocycles. The molecule has 2 aromatic heterocycles. The van der Waals surface area contributed by atoms with Gasteiger partial charge in [-0.15, -0.1) is 0 Å². The monoisotopic (exact) mass is 453 g/mol. The summed E-state index contributed by atoms with van der Waals surface area (Å²) in [5, 5.41) is 13.4. The van der Waals surface area contributed by atoms with Crippen LogP contribution in [0.5, 0.6) is 0 Å². The highest BCUT2D eigenvalue weighted by Crippen LogP contribution is 2.34. The lowest BCUT2D eigenvalue weighted by Gasteiger charge is -2.21. The molecule has 3 aromatic rings. The normalized spacial score (nSPS) is 15.3. The van der Waals surface area contributed by atoms with Gasteiger partial charge in [0.2, 0.25) is 0 Å². The number of fused-ring (bicyclic) bond motifs is 1. The van der Waals surface area contributed by atoms with Gasteiger partial charge >= 0.3 is 0 Å². The molecule has 0 unspecified atom stereocenters. The number of nitrogens with zero attached hydrogens (tertiary/aromatic N) is 3. The summed E-state index contributed by atoms with van der Waals surface area (Å²) in [6, 6.07) is 6.31. The number of nitrogens with one attached hydrogen (secondary N) is 2. The zero-order valence-electron chi connectivity index (χ0n) is 14.5. The molecular formula is C18H15BrF3N5O.